The third-order valence-electron chi connectivity index (χ3n) is 2.01. The molecule has 0 saturated carbocycles. The number of rotatable bonds is 6. The van der Waals surface area contributed by atoms with Crippen LogP contribution in [0.15, 0.2) is 24.3 Å². The number of unbranched alkanes of at least 4 members (excludes halogenated alkanes) is 1. The van der Waals surface area contributed by atoms with E-state index >= 15 is 0 Å². The monoisotopic (exact) mass is 193 g/mol. The van der Waals surface area contributed by atoms with Crippen molar-refractivity contribution in [1.29, 1.82) is 0 Å². The lowest BCUT2D eigenvalue weighted by Crippen LogP contribution is -2.02. The molecule has 0 aromatic heterocycles. The van der Waals surface area contributed by atoms with E-state index in [2.05, 4.69) is 19.2 Å². The van der Waals surface area contributed by atoms with Gasteiger partial charge < -0.3 is 10.1 Å². The number of ether oxygens (including phenoxy) is 1. The van der Waals surface area contributed by atoms with Gasteiger partial charge in [-0.15, -0.1) is 0 Å². The molecule has 0 aliphatic carbocycles. The molecule has 2 nitrogen and oxygen atoms in total. The van der Waals surface area contributed by atoms with E-state index in [-0.39, 0.29) is 0 Å². The minimum atomic E-state index is 0.804. The summed E-state index contributed by atoms with van der Waals surface area (Å²) in [5.74, 6) is 0.961. The summed E-state index contributed by atoms with van der Waals surface area (Å²) in [5.41, 5.74) is 1.09. The molecule has 1 rings (SSSR count). The molecule has 0 unspecified atom stereocenters. The Bertz CT molecular complexity index is 260. The van der Waals surface area contributed by atoms with Gasteiger partial charge in [0.05, 0.1) is 12.3 Å². The first kappa shape index (κ1) is 10.9. The van der Waals surface area contributed by atoms with Crippen LogP contribution in [0.4, 0.5) is 5.69 Å². The molecule has 0 fully saturated rings. The number of nitrogens with one attached hydrogen (secondary N) is 1. The Labute approximate surface area is 86.3 Å². The van der Waals surface area contributed by atoms with Crippen molar-refractivity contribution in [2.45, 2.75) is 26.7 Å². The molecule has 1 aromatic rings. The largest absolute Gasteiger partial charge is 0.491 e. The van der Waals surface area contributed by atoms with Crippen LogP contribution in [0.25, 0.3) is 0 Å². The topological polar surface area (TPSA) is 21.3 Å². The van der Waals surface area contributed by atoms with Gasteiger partial charge in [-0.25, -0.2) is 0 Å². The van der Waals surface area contributed by atoms with Gasteiger partial charge in [0, 0.05) is 6.54 Å². The van der Waals surface area contributed by atoms with Gasteiger partial charge in [0.15, 0.2) is 0 Å². The molecule has 78 valence electrons. The minimum Gasteiger partial charge on any atom is -0.491 e. The molecular formula is C12H19NO. The van der Waals surface area contributed by atoms with Crippen molar-refractivity contribution >= 4 is 5.69 Å². The van der Waals surface area contributed by atoms with E-state index in [1.54, 1.807) is 0 Å². The summed E-state index contributed by atoms with van der Waals surface area (Å²) in [6.07, 6.45) is 2.28. The van der Waals surface area contributed by atoms with Crippen molar-refractivity contribution in [1.82, 2.24) is 0 Å². The van der Waals surface area contributed by atoms with Crippen LogP contribution in [0, 0.1) is 0 Å². The van der Waals surface area contributed by atoms with Gasteiger partial charge in [0.2, 0.25) is 0 Å². The SMILES string of the molecule is CCCCOc1ccccc1NCC. The first-order chi connectivity index (χ1) is 6.88. The number of benzene rings is 1. The van der Waals surface area contributed by atoms with E-state index in [4.69, 9.17) is 4.74 Å². The van der Waals surface area contributed by atoms with E-state index in [0.717, 1.165) is 31.0 Å². The fourth-order valence-electron chi connectivity index (χ4n) is 1.26. The van der Waals surface area contributed by atoms with Crippen LogP contribution in [-0.2, 0) is 0 Å². The minimum absolute atomic E-state index is 0.804. The van der Waals surface area contributed by atoms with Gasteiger partial charge in [-0.1, -0.05) is 25.5 Å². The third-order valence-corrected chi connectivity index (χ3v) is 2.01. The fourth-order valence-corrected chi connectivity index (χ4v) is 1.26. The molecule has 0 bridgehead atoms. The Kier molecular flexibility index (Phi) is 4.90. The molecule has 2 heteroatoms. The van der Waals surface area contributed by atoms with Gasteiger partial charge >= 0.3 is 0 Å². The maximum absolute atomic E-state index is 5.67. The van der Waals surface area contributed by atoms with Crippen LogP contribution in [-0.4, -0.2) is 13.2 Å². The maximum Gasteiger partial charge on any atom is 0.142 e. The lowest BCUT2D eigenvalue weighted by Gasteiger charge is -2.11. The van der Waals surface area contributed by atoms with E-state index in [1.165, 1.54) is 6.42 Å². The Hall–Kier alpha value is -1.18. The van der Waals surface area contributed by atoms with Crippen LogP contribution in [0.2, 0.25) is 0 Å². The highest BCUT2D eigenvalue weighted by atomic mass is 16.5. The predicted octanol–water partition coefficient (Wildman–Crippen LogP) is 3.30. The number of hydrogen-bond acceptors (Lipinski definition) is 2. The number of para-hydroxylation sites is 2. The average Bonchev–Trinajstić information content (AvgIpc) is 2.21. The van der Waals surface area contributed by atoms with Gasteiger partial charge in [0.25, 0.3) is 0 Å². The quantitative estimate of drug-likeness (QED) is 0.700. The zero-order valence-corrected chi connectivity index (χ0v) is 9.05. The van der Waals surface area contributed by atoms with Crippen LogP contribution < -0.4 is 10.1 Å². The second-order valence-electron chi connectivity index (χ2n) is 3.23. The van der Waals surface area contributed by atoms with Crippen LogP contribution in [0.3, 0.4) is 0 Å². The van der Waals surface area contributed by atoms with Crippen LogP contribution in [0.5, 0.6) is 5.75 Å². The molecule has 0 aliphatic rings. The molecular weight excluding hydrogens is 174 g/mol. The molecule has 0 spiro atoms. The first-order valence-electron chi connectivity index (χ1n) is 5.34. The average molecular weight is 193 g/mol. The van der Waals surface area contributed by atoms with Gasteiger partial charge in [-0.2, -0.15) is 0 Å². The molecule has 0 radical (unpaired) electrons. The molecule has 0 aliphatic heterocycles. The summed E-state index contributed by atoms with van der Waals surface area (Å²) in [7, 11) is 0. The lowest BCUT2D eigenvalue weighted by molar-refractivity contribution is 0.311. The lowest BCUT2D eigenvalue weighted by atomic mass is 10.3. The Morgan fingerprint density at radius 3 is 2.71 bits per heavy atom. The molecule has 0 atom stereocenters. The zero-order valence-electron chi connectivity index (χ0n) is 9.05. The molecule has 0 heterocycles. The summed E-state index contributed by atoms with van der Waals surface area (Å²) in [6.45, 7) is 5.98. The highest BCUT2D eigenvalue weighted by Crippen LogP contribution is 2.23. The smallest absolute Gasteiger partial charge is 0.142 e. The maximum atomic E-state index is 5.67. The second-order valence-corrected chi connectivity index (χ2v) is 3.23. The van der Waals surface area contributed by atoms with Crippen molar-refractivity contribution < 1.29 is 4.74 Å². The summed E-state index contributed by atoms with van der Waals surface area (Å²) < 4.78 is 5.67. The van der Waals surface area contributed by atoms with Crippen LogP contribution in [0.1, 0.15) is 26.7 Å². The third kappa shape index (κ3) is 3.29. The molecule has 1 N–H and O–H groups in total. The fraction of sp³-hybridized carbons (Fsp3) is 0.500. The van der Waals surface area contributed by atoms with E-state index in [9.17, 15) is 0 Å². The zero-order chi connectivity index (χ0) is 10.2. The van der Waals surface area contributed by atoms with Gasteiger partial charge in [0.1, 0.15) is 5.75 Å². The Balaban J connectivity index is 2.55. The summed E-state index contributed by atoms with van der Waals surface area (Å²) in [6, 6.07) is 8.07. The van der Waals surface area contributed by atoms with Crippen LogP contribution >= 0.6 is 0 Å². The molecule has 1 aromatic carbocycles. The normalized spacial score (nSPS) is 9.86. The number of anilines is 1. The van der Waals surface area contributed by atoms with Gasteiger partial charge in [-0.3, -0.25) is 0 Å². The Morgan fingerprint density at radius 1 is 1.21 bits per heavy atom. The predicted molar refractivity (Wildman–Crippen MR) is 61.0 cm³/mol. The molecule has 14 heavy (non-hydrogen) atoms. The van der Waals surface area contributed by atoms with Crippen molar-refractivity contribution in [2.24, 2.45) is 0 Å². The van der Waals surface area contributed by atoms with Crippen molar-refractivity contribution in [3.63, 3.8) is 0 Å². The second kappa shape index (κ2) is 6.30. The highest BCUT2D eigenvalue weighted by molar-refractivity contribution is 5.55. The summed E-state index contributed by atoms with van der Waals surface area (Å²) in [4.78, 5) is 0. The number of hydrogen-bond donors (Lipinski definition) is 1. The van der Waals surface area contributed by atoms with Crippen molar-refractivity contribution in [3.8, 4) is 5.75 Å². The van der Waals surface area contributed by atoms with E-state index in [1.807, 2.05) is 24.3 Å². The van der Waals surface area contributed by atoms with Crippen molar-refractivity contribution in [2.75, 3.05) is 18.5 Å². The van der Waals surface area contributed by atoms with Gasteiger partial charge in [-0.05, 0) is 25.5 Å². The first-order valence-corrected chi connectivity index (χ1v) is 5.34. The van der Waals surface area contributed by atoms with E-state index in [0.29, 0.717) is 0 Å². The summed E-state index contributed by atoms with van der Waals surface area (Å²) >= 11 is 0. The highest BCUT2D eigenvalue weighted by Gasteiger charge is 1.99. The Morgan fingerprint density at radius 2 is 2.00 bits per heavy atom. The molecule has 0 saturated heterocycles. The molecule has 0 amide bonds. The summed E-state index contributed by atoms with van der Waals surface area (Å²) in [5, 5.41) is 3.28. The van der Waals surface area contributed by atoms with E-state index < -0.39 is 0 Å². The van der Waals surface area contributed by atoms with Crippen molar-refractivity contribution in [3.05, 3.63) is 24.3 Å². The standard InChI is InChI=1S/C12H19NO/c1-3-5-10-14-12-9-7-6-8-11(12)13-4-2/h6-9,13H,3-5,10H2,1-2H3.